The van der Waals surface area contributed by atoms with Crippen LogP contribution >= 0.6 is 0 Å². The van der Waals surface area contributed by atoms with Crippen molar-refractivity contribution in [3.63, 3.8) is 0 Å². The largest absolute Gasteiger partial charge is 0.507 e. The highest BCUT2D eigenvalue weighted by Crippen LogP contribution is 2.42. The van der Waals surface area contributed by atoms with E-state index < -0.39 is 24.1 Å². The van der Waals surface area contributed by atoms with Crippen LogP contribution in [0.25, 0.3) is 0 Å². The first kappa shape index (κ1) is 19.5. The molecule has 1 unspecified atom stereocenters. The van der Waals surface area contributed by atoms with E-state index in [1.165, 1.54) is 11.6 Å². The molecule has 1 heterocycles. The number of halogens is 3. The van der Waals surface area contributed by atoms with Crippen LogP contribution in [-0.4, -0.2) is 11.3 Å². The maximum atomic E-state index is 12.5. The Morgan fingerprint density at radius 3 is 2.56 bits per heavy atom. The summed E-state index contributed by atoms with van der Waals surface area (Å²) in [5.41, 5.74) is 1.62. The smallest absolute Gasteiger partial charge is 0.389 e. The highest BCUT2D eigenvalue weighted by molar-refractivity contribution is 5.40. The summed E-state index contributed by atoms with van der Waals surface area (Å²) in [6, 6.07) is 9.11. The third kappa shape index (κ3) is 4.93. The summed E-state index contributed by atoms with van der Waals surface area (Å²) in [7, 11) is 0. The molecule has 0 bridgehead atoms. The van der Waals surface area contributed by atoms with Crippen LogP contribution in [0, 0.1) is 0 Å². The fourth-order valence-corrected chi connectivity index (χ4v) is 3.45. The Labute approximate surface area is 155 Å². The van der Waals surface area contributed by atoms with Crippen LogP contribution in [0.15, 0.2) is 39.5 Å². The zero-order valence-electron chi connectivity index (χ0n) is 15.2. The molecule has 3 rings (SSSR count). The summed E-state index contributed by atoms with van der Waals surface area (Å²) >= 11 is 0. The zero-order chi connectivity index (χ0) is 19.6. The Bertz CT molecular complexity index is 850. The highest BCUT2D eigenvalue weighted by atomic mass is 19.4. The molecule has 3 nitrogen and oxygen atoms in total. The second-order valence-electron chi connectivity index (χ2n) is 7.21. The van der Waals surface area contributed by atoms with Crippen LogP contribution < -0.4 is 5.63 Å². The second kappa shape index (κ2) is 7.79. The standard InChI is InChI=1S/C21H23F3O3/c1-2-13(9-10-21(22,23)24)19-12-18(25)17(20(26)27-19)11-15-5-3-4-6-16(15)14-7-8-14/h3-6,12-14,25H,2,7-11H2,1H3. The first-order chi connectivity index (χ1) is 12.8. The van der Waals surface area contributed by atoms with Gasteiger partial charge in [0.2, 0.25) is 0 Å². The molecule has 1 aromatic heterocycles. The van der Waals surface area contributed by atoms with Crippen LogP contribution in [0.2, 0.25) is 0 Å². The number of alkyl halides is 3. The average molecular weight is 380 g/mol. The number of hydrogen-bond acceptors (Lipinski definition) is 3. The Morgan fingerprint density at radius 2 is 1.96 bits per heavy atom. The van der Waals surface area contributed by atoms with E-state index in [1.807, 2.05) is 24.3 Å². The molecule has 2 aromatic rings. The molecule has 1 saturated carbocycles. The fraction of sp³-hybridized carbons (Fsp3) is 0.476. The van der Waals surface area contributed by atoms with Gasteiger partial charge in [-0.15, -0.1) is 0 Å². The van der Waals surface area contributed by atoms with Crippen LogP contribution in [-0.2, 0) is 6.42 Å². The van der Waals surface area contributed by atoms with Gasteiger partial charge in [0, 0.05) is 24.8 Å². The average Bonchev–Trinajstić information content (AvgIpc) is 3.43. The van der Waals surface area contributed by atoms with E-state index in [4.69, 9.17) is 4.42 Å². The number of benzene rings is 1. The minimum absolute atomic E-state index is 0.114. The lowest BCUT2D eigenvalue weighted by Crippen LogP contribution is -2.14. The Hall–Kier alpha value is -2.24. The van der Waals surface area contributed by atoms with E-state index in [1.54, 1.807) is 6.92 Å². The summed E-state index contributed by atoms with van der Waals surface area (Å²) in [6.07, 6.45) is -2.51. The predicted molar refractivity (Wildman–Crippen MR) is 96.2 cm³/mol. The van der Waals surface area contributed by atoms with Gasteiger partial charge in [-0.1, -0.05) is 31.2 Å². The van der Waals surface area contributed by atoms with Gasteiger partial charge >= 0.3 is 11.8 Å². The lowest BCUT2D eigenvalue weighted by Gasteiger charge is -2.16. The SMILES string of the molecule is CCC(CCC(F)(F)F)c1cc(O)c(Cc2ccccc2C2CC2)c(=O)o1. The molecule has 1 aliphatic rings. The minimum atomic E-state index is -4.26. The summed E-state index contributed by atoms with van der Waals surface area (Å²) in [5, 5.41) is 10.4. The van der Waals surface area contributed by atoms with Crippen molar-refractivity contribution in [1.29, 1.82) is 0 Å². The van der Waals surface area contributed by atoms with Gasteiger partial charge in [0.1, 0.15) is 11.5 Å². The van der Waals surface area contributed by atoms with Crippen molar-refractivity contribution in [1.82, 2.24) is 0 Å². The first-order valence-corrected chi connectivity index (χ1v) is 9.29. The molecule has 146 valence electrons. The maximum absolute atomic E-state index is 12.5. The quantitative estimate of drug-likeness (QED) is 0.675. The van der Waals surface area contributed by atoms with E-state index in [0.717, 1.165) is 18.4 Å². The molecule has 1 N–H and O–H groups in total. The monoisotopic (exact) mass is 380 g/mol. The third-order valence-electron chi connectivity index (χ3n) is 5.16. The highest BCUT2D eigenvalue weighted by Gasteiger charge is 2.30. The molecular formula is C21H23F3O3. The predicted octanol–water partition coefficient (Wildman–Crippen LogP) is 5.65. The molecule has 1 aliphatic carbocycles. The third-order valence-corrected chi connectivity index (χ3v) is 5.16. The van der Waals surface area contributed by atoms with Crippen molar-refractivity contribution in [3.05, 3.63) is 63.2 Å². The molecule has 0 radical (unpaired) electrons. The minimum Gasteiger partial charge on any atom is -0.507 e. The van der Waals surface area contributed by atoms with Crippen LogP contribution in [0.4, 0.5) is 13.2 Å². The van der Waals surface area contributed by atoms with E-state index in [2.05, 4.69) is 0 Å². The molecule has 6 heteroatoms. The van der Waals surface area contributed by atoms with Gasteiger partial charge in [-0.05, 0) is 42.7 Å². The first-order valence-electron chi connectivity index (χ1n) is 9.29. The summed E-state index contributed by atoms with van der Waals surface area (Å²) < 4.78 is 42.8. The van der Waals surface area contributed by atoms with Gasteiger partial charge in [0.05, 0.1) is 5.56 Å². The fourth-order valence-electron chi connectivity index (χ4n) is 3.45. The van der Waals surface area contributed by atoms with Gasteiger partial charge in [-0.2, -0.15) is 13.2 Å². The van der Waals surface area contributed by atoms with Gasteiger partial charge in [0.25, 0.3) is 0 Å². The Morgan fingerprint density at radius 1 is 1.26 bits per heavy atom. The van der Waals surface area contributed by atoms with Gasteiger partial charge < -0.3 is 9.52 Å². The van der Waals surface area contributed by atoms with Crippen LogP contribution in [0.1, 0.15) is 73.3 Å². The maximum Gasteiger partial charge on any atom is 0.389 e. The molecule has 1 atom stereocenters. The van der Waals surface area contributed by atoms with Crippen molar-refractivity contribution in [3.8, 4) is 5.75 Å². The second-order valence-corrected chi connectivity index (χ2v) is 7.21. The zero-order valence-corrected chi connectivity index (χ0v) is 15.2. The van der Waals surface area contributed by atoms with Crippen LogP contribution in [0.5, 0.6) is 5.75 Å². The summed E-state index contributed by atoms with van der Waals surface area (Å²) in [4.78, 5) is 12.4. The van der Waals surface area contributed by atoms with Gasteiger partial charge in [-0.3, -0.25) is 0 Å². The van der Waals surface area contributed by atoms with Crippen molar-refractivity contribution < 1.29 is 22.7 Å². The molecule has 0 spiro atoms. The van der Waals surface area contributed by atoms with Gasteiger partial charge in [-0.25, -0.2) is 4.79 Å². The van der Waals surface area contributed by atoms with Crippen molar-refractivity contribution in [2.24, 2.45) is 0 Å². The number of aromatic hydroxyl groups is 1. The molecule has 0 saturated heterocycles. The van der Waals surface area contributed by atoms with Gasteiger partial charge in [0.15, 0.2) is 0 Å². The number of rotatable bonds is 7. The van der Waals surface area contributed by atoms with E-state index in [9.17, 15) is 23.1 Å². The van der Waals surface area contributed by atoms with Crippen molar-refractivity contribution in [2.45, 2.75) is 63.5 Å². The normalized spacial score (nSPS) is 15.7. The van der Waals surface area contributed by atoms with E-state index in [-0.39, 0.29) is 29.9 Å². The lowest BCUT2D eigenvalue weighted by atomic mass is 9.94. The van der Waals surface area contributed by atoms with E-state index >= 15 is 0 Å². The Balaban J connectivity index is 1.84. The molecule has 1 fully saturated rings. The summed E-state index contributed by atoms with van der Waals surface area (Å²) in [5.74, 6) is -0.152. The van der Waals surface area contributed by atoms with Crippen LogP contribution in [0.3, 0.4) is 0 Å². The van der Waals surface area contributed by atoms with Crippen molar-refractivity contribution in [2.75, 3.05) is 0 Å². The number of hydrogen-bond donors (Lipinski definition) is 1. The molecule has 0 aliphatic heterocycles. The van der Waals surface area contributed by atoms with Crippen molar-refractivity contribution >= 4 is 0 Å². The molecule has 1 aromatic carbocycles. The Kier molecular flexibility index (Phi) is 5.63. The summed E-state index contributed by atoms with van der Waals surface area (Å²) in [6.45, 7) is 1.73. The molecule has 27 heavy (non-hydrogen) atoms. The topological polar surface area (TPSA) is 50.4 Å². The molecule has 0 amide bonds. The van der Waals surface area contributed by atoms with E-state index in [0.29, 0.717) is 12.3 Å². The molecular weight excluding hydrogens is 357 g/mol. The lowest BCUT2D eigenvalue weighted by molar-refractivity contribution is -0.136.